The maximum atomic E-state index is 13.4. The van der Waals surface area contributed by atoms with Crippen molar-refractivity contribution in [3.63, 3.8) is 0 Å². The van der Waals surface area contributed by atoms with Crippen LogP contribution in [0.25, 0.3) is 55.5 Å². The molecule has 0 unspecified atom stereocenters. The predicted octanol–water partition coefficient (Wildman–Crippen LogP) is 15.8. The van der Waals surface area contributed by atoms with Crippen LogP contribution in [0.2, 0.25) is 87.6 Å². The van der Waals surface area contributed by atoms with Crippen molar-refractivity contribution in [3.8, 4) is 11.4 Å². The second-order valence-electron chi connectivity index (χ2n) is 30.1. The summed E-state index contributed by atoms with van der Waals surface area (Å²) in [7, 11) is -5.98. The summed E-state index contributed by atoms with van der Waals surface area (Å²) < 4.78 is 28.9. The summed E-state index contributed by atoms with van der Waals surface area (Å²) in [5.74, 6) is -0.356. The van der Waals surface area contributed by atoms with Crippen LogP contribution in [0.1, 0.15) is 121 Å². The average molecular weight is 1310 g/mol. The van der Waals surface area contributed by atoms with Gasteiger partial charge in [-0.3, -0.25) is 19.8 Å². The number of fused-ring (bicyclic) bond motifs is 4. The van der Waals surface area contributed by atoms with Crippen LogP contribution in [0, 0.1) is 6.92 Å². The van der Waals surface area contributed by atoms with E-state index in [-0.39, 0.29) is 27.4 Å². The van der Waals surface area contributed by atoms with Crippen molar-refractivity contribution in [2.75, 3.05) is 13.2 Å². The smallest absolute Gasteiger partial charge is 0.255 e. The zero-order chi connectivity index (χ0) is 64.2. The van der Waals surface area contributed by atoms with Crippen LogP contribution in [-0.2, 0) is 45.0 Å². The highest BCUT2D eigenvalue weighted by Gasteiger charge is 2.38. The third kappa shape index (κ3) is 18.9. The molecule has 23 heteroatoms. The van der Waals surface area contributed by atoms with Gasteiger partial charge in [-0.05, 0) is 113 Å². The number of amides is 2. The minimum Gasteiger partial charge on any atom is -0.412 e. The van der Waals surface area contributed by atoms with Crippen LogP contribution in [-0.4, -0.2) is 118 Å². The SMILES string of the molecule is CC(C)(C)NC(=O)c1cn(COCC[Si](C)(C)C)c2ncc(-c3[nH]nc4c(CO[Si](C)(C)C(C)(C)C)cccc34)nc12.CC(C)(C)NC(=O)c1cn(COCC[Si](C)(C)C)c2ncc(Br)nc12.Cc1[nH]nc2c(CO[Si](C)(C)C(C)(C)C)cccc12. The van der Waals surface area contributed by atoms with Crippen LogP contribution < -0.4 is 10.6 Å². The maximum Gasteiger partial charge on any atom is 0.255 e. The Kier molecular flexibility index (Phi) is 22.1. The van der Waals surface area contributed by atoms with Crippen LogP contribution in [0.15, 0.2) is 65.8 Å². The maximum absolute atomic E-state index is 13.4. The first-order chi connectivity index (χ1) is 39.5. The van der Waals surface area contributed by atoms with E-state index in [1.54, 1.807) is 24.8 Å². The van der Waals surface area contributed by atoms with Crippen LogP contribution in [0.5, 0.6) is 0 Å². The van der Waals surface area contributed by atoms with Gasteiger partial charge in [-0.15, -0.1) is 0 Å². The van der Waals surface area contributed by atoms with E-state index >= 15 is 0 Å². The van der Waals surface area contributed by atoms with E-state index in [2.05, 4.69) is 188 Å². The molecule has 0 atom stereocenters. The minimum atomic E-state index is -1.93. The lowest BCUT2D eigenvalue weighted by molar-refractivity contribution is 0.0879. The zero-order valence-corrected chi connectivity index (χ0v) is 61.4. The number of benzene rings is 2. The summed E-state index contributed by atoms with van der Waals surface area (Å²) in [6.07, 6.45) is 6.93. The molecule has 0 spiro atoms. The number of nitrogens with zero attached hydrogens (tertiary/aromatic N) is 8. The number of aromatic nitrogens is 10. The molecule has 0 aliphatic heterocycles. The van der Waals surface area contributed by atoms with Gasteiger partial charge < -0.3 is 38.1 Å². The first-order valence-corrected chi connectivity index (χ1v) is 43.9. The predicted molar refractivity (Wildman–Crippen MR) is 365 cm³/mol. The van der Waals surface area contributed by atoms with Gasteiger partial charge in [0.25, 0.3) is 11.8 Å². The number of ether oxygens (including phenoxy) is 2. The number of aromatic amines is 2. The molecule has 0 saturated heterocycles. The third-order valence-electron chi connectivity index (χ3n) is 15.6. The fourth-order valence-electron chi connectivity index (χ4n) is 8.33. The Morgan fingerprint density at radius 3 is 1.43 bits per heavy atom. The van der Waals surface area contributed by atoms with Gasteiger partial charge in [0.05, 0.1) is 53.5 Å². The summed E-state index contributed by atoms with van der Waals surface area (Å²) >= 11 is 3.33. The van der Waals surface area contributed by atoms with Gasteiger partial charge in [-0.2, -0.15) is 10.2 Å². The summed E-state index contributed by atoms with van der Waals surface area (Å²) in [5, 5.41) is 23.8. The van der Waals surface area contributed by atoms with Gasteiger partial charge in [-0.25, -0.2) is 19.9 Å². The van der Waals surface area contributed by atoms with Crippen LogP contribution in [0.4, 0.5) is 0 Å². The van der Waals surface area contributed by atoms with Gasteiger partial charge in [-0.1, -0.05) is 117 Å². The second kappa shape index (κ2) is 27.2. The van der Waals surface area contributed by atoms with Gasteiger partial charge in [0.2, 0.25) is 0 Å². The molecule has 0 aliphatic carbocycles. The van der Waals surface area contributed by atoms with E-state index in [0.717, 1.165) is 45.5 Å². The summed E-state index contributed by atoms with van der Waals surface area (Å²) in [6.45, 7) is 53.5. The Balaban J connectivity index is 0.000000227. The molecular formula is C63H99BrN12O6Si4. The molecule has 0 fully saturated rings. The highest BCUT2D eigenvalue weighted by molar-refractivity contribution is 9.10. The summed E-state index contributed by atoms with van der Waals surface area (Å²) in [6, 6.07) is 14.6. The average Bonchev–Trinajstić information content (AvgIpc) is 1.71. The lowest BCUT2D eigenvalue weighted by Crippen LogP contribution is -2.40. The standard InChI is InChI=1S/C31H48N6O3Si2.C17H27BrN4O2Si.C15H24N2OSi/c1-30(2,3)34-29(38)23-18-37(20-39-15-16-41(7,8)9)28-27(23)33-24(17-32-28)26-22-14-12-13-21(25(22)35-36-26)19-40-42(10,11)31(4,5)6;1-17(2,3)21-16(23)12-10-22(11-24-7-8-25(4,5)6)15-14(12)20-13(18)9-19-15;1-11-13-9-7-8-12(14(13)17-16-11)10-18-19(5,6)15(2,3)4/h12-14,17-18H,15-16,19-20H2,1-11H3,(H,34,38)(H,35,36);9-10H,7-8,11H2,1-6H3,(H,21,23);7-9H,10H2,1-6H3,(H,16,17). The summed E-state index contributed by atoms with van der Waals surface area (Å²) in [5.41, 5.74) is 9.21. The molecule has 0 saturated carbocycles. The highest BCUT2D eigenvalue weighted by Crippen LogP contribution is 2.39. The van der Waals surface area contributed by atoms with E-state index in [0.29, 0.717) is 83.6 Å². The first-order valence-electron chi connectivity index (χ1n) is 29.9. The molecule has 6 aromatic heterocycles. The molecule has 2 amide bonds. The number of H-pyrrole nitrogens is 2. The lowest BCUT2D eigenvalue weighted by Gasteiger charge is -2.36. The summed E-state index contributed by atoms with van der Waals surface area (Å²) in [4.78, 5) is 44.6. The van der Waals surface area contributed by atoms with E-state index in [1.165, 1.54) is 10.9 Å². The van der Waals surface area contributed by atoms with Gasteiger partial charge in [0, 0.05) is 80.4 Å². The Labute approximate surface area is 523 Å². The molecule has 4 N–H and O–H groups in total. The Morgan fingerprint density at radius 2 is 0.988 bits per heavy atom. The minimum absolute atomic E-state index is 0.120. The van der Waals surface area contributed by atoms with Crippen molar-refractivity contribution >= 4 is 105 Å². The van der Waals surface area contributed by atoms with Crippen molar-refractivity contribution in [3.05, 3.63) is 93.7 Å². The molecule has 470 valence electrons. The molecule has 6 heterocycles. The molecule has 18 nitrogen and oxygen atoms in total. The normalized spacial score (nSPS) is 13.1. The number of rotatable bonds is 19. The van der Waals surface area contributed by atoms with Gasteiger partial charge >= 0.3 is 0 Å². The van der Waals surface area contributed by atoms with E-state index < -0.39 is 38.3 Å². The number of carbonyl (C=O) groups excluding carboxylic acids is 2. The number of halogens is 1. The Morgan fingerprint density at radius 1 is 0.570 bits per heavy atom. The van der Waals surface area contributed by atoms with Gasteiger partial charge in [0.15, 0.2) is 27.9 Å². The molecule has 0 aliphatic rings. The van der Waals surface area contributed by atoms with E-state index in [9.17, 15) is 9.59 Å². The molecule has 8 rings (SSSR count). The number of nitrogens with one attached hydrogen (secondary N) is 4. The van der Waals surface area contributed by atoms with Crippen molar-refractivity contribution in [1.29, 1.82) is 0 Å². The Hall–Kier alpha value is -5.25. The molecule has 0 radical (unpaired) electrons. The van der Waals surface area contributed by atoms with Crippen molar-refractivity contribution < 1.29 is 27.9 Å². The largest absolute Gasteiger partial charge is 0.412 e. The second-order valence-corrected chi connectivity index (χ2v) is 51.8. The Bertz CT molecular complexity index is 3620. The number of aryl methyl sites for hydroxylation is 1. The number of carbonyl (C=O) groups is 2. The quantitative estimate of drug-likeness (QED) is 0.0440. The third-order valence-corrected chi connectivity index (χ3v) is 28.3. The fourth-order valence-corrected chi connectivity index (χ4v) is 12.0. The number of hydrogen-bond acceptors (Lipinski definition) is 12. The van der Waals surface area contributed by atoms with E-state index in [1.807, 2.05) is 69.7 Å². The molecule has 8 aromatic rings. The fraction of sp³-hybridized carbons (Fsp3) is 0.556. The number of hydrogen-bond donors (Lipinski definition) is 4. The molecular weight excluding hydrogens is 1210 g/mol. The highest BCUT2D eigenvalue weighted by atomic mass is 79.9. The zero-order valence-electron chi connectivity index (χ0n) is 55.8. The van der Waals surface area contributed by atoms with Crippen LogP contribution in [0.3, 0.4) is 0 Å². The topological polar surface area (TPSA) is 214 Å². The van der Waals surface area contributed by atoms with Crippen molar-refractivity contribution in [1.82, 2.24) is 60.1 Å². The number of para-hydroxylation sites is 2. The monoisotopic (exact) mass is 1310 g/mol. The first kappa shape index (κ1) is 69.8. The van der Waals surface area contributed by atoms with Gasteiger partial charge in [0.1, 0.15) is 34.8 Å². The molecule has 2 aromatic carbocycles. The van der Waals surface area contributed by atoms with Crippen molar-refractivity contribution in [2.45, 2.75) is 215 Å². The van der Waals surface area contributed by atoms with Crippen molar-refractivity contribution in [2.24, 2.45) is 0 Å². The molecule has 0 bridgehead atoms. The van der Waals surface area contributed by atoms with E-state index in [4.69, 9.17) is 28.3 Å². The van der Waals surface area contributed by atoms with Crippen LogP contribution >= 0.6 is 15.9 Å². The molecule has 86 heavy (non-hydrogen) atoms. The lowest BCUT2D eigenvalue weighted by atomic mass is 10.1.